The molecule has 1 aromatic carbocycles. The van der Waals surface area contributed by atoms with Crippen molar-refractivity contribution in [1.82, 2.24) is 5.32 Å². The van der Waals surface area contributed by atoms with Gasteiger partial charge in [-0.2, -0.15) is 0 Å². The fourth-order valence-corrected chi connectivity index (χ4v) is 1.50. The Morgan fingerprint density at radius 3 is 2.18 bits per heavy atom. The Kier molecular flexibility index (Phi) is 5.18. The molecule has 4 nitrogen and oxygen atoms in total. The van der Waals surface area contributed by atoms with Gasteiger partial charge < -0.3 is 19.5 Å². The number of nitrogens with one attached hydrogen (secondary N) is 1. The average molecular weight is 235 g/mol. The van der Waals surface area contributed by atoms with Gasteiger partial charge in [-0.3, -0.25) is 0 Å². The molecule has 0 aromatic heterocycles. The third-order valence-corrected chi connectivity index (χ3v) is 2.33. The third kappa shape index (κ3) is 3.30. The Bertz CT molecular complexity index is 410. The maximum absolute atomic E-state index is 5.29. The molecule has 0 amide bonds. The van der Waals surface area contributed by atoms with E-state index < -0.39 is 0 Å². The van der Waals surface area contributed by atoms with E-state index in [-0.39, 0.29) is 0 Å². The molecule has 0 fully saturated rings. The molecule has 0 aliphatic rings. The van der Waals surface area contributed by atoms with Gasteiger partial charge in [0.05, 0.1) is 27.9 Å². The quantitative estimate of drug-likeness (QED) is 0.598. The normalized spacial score (nSPS) is 9.53. The molecule has 0 heterocycles. The van der Waals surface area contributed by atoms with E-state index in [1.807, 2.05) is 6.07 Å². The van der Waals surface area contributed by atoms with Gasteiger partial charge in [0.15, 0.2) is 11.5 Å². The van der Waals surface area contributed by atoms with Gasteiger partial charge in [0.25, 0.3) is 0 Å². The second kappa shape index (κ2) is 6.66. The second-order valence-electron chi connectivity index (χ2n) is 3.33. The van der Waals surface area contributed by atoms with Crippen LogP contribution in [0, 0.1) is 12.3 Å². The van der Waals surface area contributed by atoms with Crippen molar-refractivity contribution in [3.05, 3.63) is 17.7 Å². The molecular weight excluding hydrogens is 218 g/mol. The molecule has 92 valence electrons. The molecule has 0 aliphatic heterocycles. The fraction of sp³-hybridized carbons (Fsp3) is 0.385. The van der Waals surface area contributed by atoms with Crippen LogP contribution in [0.1, 0.15) is 5.56 Å². The van der Waals surface area contributed by atoms with E-state index in [2.05, 4.69) is 11.2 Å². The summed E-state index contributed by atoms with van der Waals surface area (Å²) < 4.78 is 15.7. The van der Waals surface area contributed by atoms with Crippen molar-refractivity contribution >= 4 is 0 Å². The highest BCUT2D eigenvalue weighted by Crippen LogP contribution is 2.34. The van der Waals surface area contributed by atoms with Crippen LogP contribution in [0.5, 0.6) is 17.2 Å². The van der Waals surface area contributed by atoms with Gasteiger partial charge in [0.2, 0.25) is 0 Å². The van der Waals surface area contributed by atoms with E-state index in [0.29, 0.717) is 24.6 Å². The lowest BCUT2D eigenvalue weighted by Gasteiger charge is -2.14. The Morgan fingerprint density at radius 2 is 1.65 bits per heavy atom. The second-order valence-corrected chi connectivity index (χ2v) is 3.33. The van der Waals surface area contributed by atoms with Crippen molar-refractivity contribution in [1.29, 1.82) is 0 Å². The molecule has 0 saturated carbocycles. The summed E-state index contributed by atoms with van der Waals surface area (Å²) in [5.74, 6) is 4.58. The molecule has 0 bridgehead atoms. The first-order valence-electron chi connectivity index (χ1n) is 5.19. The molecule has 1 aromatic rings. The molecule has 4 heteroatoms. The minimum Gasteiger partial charge on any atom is -0.496 e. The maximum Gasteiger partial charge on any atom is 0.164 e. The Morgan fingerprint density at radius 1 is 1.06 bits per heavy atom. The van der Waals surface area contributed by atoms with Crippen molar-refractivity contribution in [2.45, 2.75) is 6.54 Å². The van der Waals surface area contributed by atoms with Gasteiger partial charge in [0.1, 0.15) is 5.75 Å². The molecule has 17 heavy (non-hydrogen) atoms. The SMILES string of the molecule is C#CCNCc1cc(OC)c(OC)cc1OC. The zero-order valence-electron chi connectivity index (χ0n) is 10.4. The van der Waals surface area contributed by atoms with Crippen molar-refractivity contribution in [2.24, 2.45) is 0 Å². The van der Waals surface area contributed by atoms with Crippen LogP contribution in [0.2, 0.25) is 0 Å². The molecule has 0 unspecified atom stereocenters. The van der Waals surface area contributed by atoms with Crippen LogP contribution in [0.4, 0.5) is 0 Å². The van der Waals surface area contributed by atoms with Crippen LogP contribution in [-0.2, 0) is 6.54 Å². The molecular formula is C13H17NO3. The molecule has 0 atom stereocenters. The highest BCUT2D eigenvalue weighted by atomic mass is 16.5. The predicted molar refractivity (Wildman–Crippen MR) is 66.6 cm³/mol. The van der Waals surface area contributed by atoms with E-state index >= 15 is 0 Å². The maximum atomic E-state index is 5.29. The smallest absolute Gasteiger partial charge is 0.164 e. The minimum absolute atomic E-state index is 0.511. The van der Waals surface area contributed by atoms with Crippen molar-refractivity contribution in [3.8, 4) is 29.6 Å². The standard InChI is InChI=1S/C13H17NO3/c1-5-6-14-9-10-7-12(16-3)13(17-4)8-11(10)15-2/h1,7-8,14H,6,9H2,2-4H3. The highest BCUT2D eigenvalue weighted by Gasteiger charge is 2.11. The summed E-state index contributed by atoms with van der Waals surface area (Å²) >= 11 is 0. The first-order chi connectivity index (χ1) is 8.26. The van der Waals surface area contributed by atoms with E-state index in [1.54, 1.807) is 27.4 Å². The van der Waals surface area contributed by atoms with Gasteiger partial charge in [-0.15, -0.1) is 6.42 Å². The molecule has 0 saturated heterocycles. The topological polar surface area (TPSA) is 39.7 Å². The van der Waals surface area contributed by atoms with Gasteiger partial charge in [-0.1, -0.05) is 5.92 Å². The van der Waals surface area contributed by atoms with Crippen LogP contribution in [0.15, 0.2) is 12.1 Å². The summed E-state index contributed by atoms with van der Waals surface area (Å²) in [6.07, 6.45) is 5.18. The Balaban J connectivity index is 2.98. The minimum atomic E-state index is 0.511. The summed E-state index contributed by atoms with van der Waals surface area (Å²) in [6.45, 7) is 1.13. The molecule has 1 N–H and O–H groups in total. The lowest BCUT2D eigenvalue weighted by atomic mass is 10.1. The van der Waals surface area contributed by atoms with E-state index in [1.165, 1.54) is 0 Å². The molecule has 0 radical (unpaired) electrons. The fourth-order valence-electron chi connectivity index (χ4n) is 1.50. The zero-order chi connectivity index (χ0) is 12.7. The number of benzene rings is 1. The van der Waals surface area contributed by atoms with E-state index in [4.69, 9.17) is 20.6 Å². The van der Waals surface area contributed by atoms with Crippen LogP contribution in [0.3, 0.4) is 0 Å². The monoisotopic (exact) mass is 235 g/mol. The van der Waals surface area contributed by atoms with Crippen LogP contribution in [-0.4, -0.2) is 27.9 Å². The number of ether oxygens (including phenoxy) is 3. The van der Waals surface area contributed by atoms with Crippen molar-refractivity contribution in [3.63, 3.8) is 0 Å². The summed E-state index contributed by atoms with van der Waals surface area (Å²) in [7, 11) is 4.81. The van der Waals surface area contributed by atoms with Crippen molar-refractivity contribution in [2.75, 3.05) is 27.9 Å². The van der Waals surface area contributed by atoms with Crippen LogP contribution >= 0.6 is 0 Å². The lowest BCUT2D eigenvalue weighted by molar-refractivity contribution is 0.347. The lowest BCUT2D eigenvalue weighted by Crippen LogP contribution is -2.14. The number of rotatable bonds is 6. The Labute approximate surface area is 102 Å². The van der Waals surface area contributed by atoms with Gasteiger partial charge in [0, 0.05) is 18.2 Å². The summed E-state index contributed by atoms with van der Waals surface area (Å²) in [5, 5.41) is 3.10. The average Bonchev–Trinajstić information content (AvgIpc) is 2.38. The third-order valence-electron chi connectivity index (χ3n) is 2.33. The van der Waals surface area contributed by atoms with Crippen LogP contribution in [0.25, 0.3) is 0 Å². The molecule has 0 spiro atoms. The molecule has 1 rings (SSSR count). The van der Waals surface area contributed by atoms with E-state index in [0.717, 1.165) is 11.3 Å². The first-order valence-corrected chi connectivity index (χ1v) is 5.19. The molecule has 0 aliphatic carbocycles. The van der Waals surface area contributed by atoms with Crippen LogP contribution < -0.4 is 19.5 Å². The highest BCUT2D eigenvalue weighted by molar-refractivity contribution is 5.50. The van der Waals surface area contributed by atoms with E-state index in [9.17, 15) is 0 Å². The number of terminal acetylenes is 1. The van der Waals surface area contributed by atoms with Gasteiger partial charge in [-0.25, -0.2) is 0 Å². The van der Waals surface area contributed by atoms with Gasteiger partial charge >= 0.3 is 0 Å². The first kappa shape index (κ1) is 13.2. The number of hydrogen-bond acceptors (Lipinski definition) is 4. The van der Waals surface area contributed by atoms with Gasteiger partial charge in [-0.05, 0) is 6.07 Å². The largest absolute Gasteiger partial charge is 0.496 e. The number of hydrogen-bond donors (Lipinski definition) is 1. The summed E-state index contributed by atoms with van der Waals surface area (Å²) in [4.78, 5) is 0. The number of methoxy groups -OCH3 is 3. The van der Waals surface area contributed by atoms with Crippen molar-refractivity contribution < 1.29 is 14.2 Å². The Hall–Kier alpha value is -1.86. The zero-order valence-corrected chi connectivity index (χ0v) is 10.4. The predicted octanol–water partition coefficient (Wildman–Crippen LogP) is 1.44. The summed E-state index contributed by atoms with van der Waals surface area (Å²) in [6, 6.07) is 3.67. The summed E-state index contributed by atoms with van der Waals surface area (Å²) in [5.41, 5.74) is 0.973.